The van der Waals surface area contributed by atoms with Crippen molar-refractivity contribution in [1.29, 1.82) is 0 Å². The Labute approximate surface area is 127 Å². The lowest BCUT2D eigenvalue weighted by Crippen LogP contribution is -2.38. The fraction of sp³-hybridized carbons (Fsp3) is 1.00. The summed E-state index contributed by atoms with van der Waals surface area (Å²) in [5, 5.41) is 3.57. The predicted octanol–water partition coefficient (Wildman–Crippen LogP) is 4.45. The van der Waals surface area contributed by atoms with E-state index in [-0.39, 0.29) is 5.54 Å². The molecule has 0 radical (unpaired) electrons. The second kappa shape index (κ2) is 7.79. The second-order valence-corrected chi connectivity index (χ2v) is 8.61. The van der Waals surface area contributed by atoms with Crippen LogP contribution >= 0.6 is 0 Å². The summed E-state index contributed by atoms with van der Waals surface area (Å²) in [4.78, 5) is 2.62. The van der Waals surface area contributed by atoms with Crippen molar-refractivity contribution >= 4 is 0 Å². The van der Waals surface area contributed by atoms with Gasteiger partial charge in [0.05, 0.1) is 0 Å². The molecule has 1 saturated carbocycles. The minimum absolute atomic E-state index is 0.270. The van der Waals surface area contributed by atoms with Crippen molar-refractivity contribution in [2.75, 3.05) is 20.1 Å². The summed E-state index contributed by atoms with van der Waals surface area (Å²) in [5.74, 6) is 0. The molecule has 0 heterocycles. The highest BCUT2D eigenvalue weighted by Crippen LogP contribution is 2.36. The quantitative estimate of drug-likeness (QED) is 0.694. The fourth-order valence-electron chi connectivity index (χ4n) is 3.13. The van der Waals surface area contributed by atoms with Crippen molar-refractivity contribution in [1.82, 2.24) is 10.2 Å². The zero-order valence-corrected chi connectivity index (χ0v) is 14.9. The van der Waals surface area contributed by atoms with Crippen LogP contribution in [0.5, 0.6) is 0 Å². The topological polar surface area (TPSA) is 15.3 Å². The maximum absolute atomic E-state index is 3.57. The van der Waals surface area contributed by atoms with Gasteiger partial charge in [0.25, 0.3) is 0 Å². The average Bonchev–Trinajstić information content (AvgIpc) is 2.32. The van der Waals surface area contributed by atoms with E-state index in [2.05, 4.69) is 51.9 Å². The standard InChI is InChI=1S/C18H38N2/c1-17(2,3)19-14-8-7-9-15-20(6)16-10-12-18(4,5)13-11-16/h16,19H,7-15H2,1-6H3. The summed E-state index contributed by atoms with van der Waals surface area (Å²) < 4.78 is 0. The van der Waals surface area contributed by atoms with Gasteiger partial charge in [0.2, 0.25) is 0 Å². The van der Waals surface area contributed by atoms with Crippen molar-refractivity contribution in [3.63, 3.8) is 0 Å². The molecule has 0 aliphatic heterocycles. The third-order valence-electron chi connectivity index (χ3n) is 4.77. The molecule has 1 rings (SSSR count). The predicted molar refractivity (Wildman–Crippen MR) is 90.3 cm³/mol. The lowest BCUT2D eigenvalue weighted by atomic mass is 9.75. The van der Waals surface area contributed by atoms with Crippen LogP contribution in [0, 0.1) is 5.41 Å². The van der Waals surface area contributed by atoms with E-state index < -0.39 is 0 Å². The minimum Gasteiger partial charge on any atom is -0.312 e. The Hall–Kier alpha value is -0.0800. The molecule has 0 atom stereocenters. The van der Waals surface area contributed by atoms with Crippen LogP contribution in [0.4, 0.5) is 0 Å². The van der Waals surface area contributed by atoms with Crippen molar-refractivity contribution in [3.05, 3.63) is 0 Å². The molecule has 1 aliphatic rings. The summed E-state index contributed by atoms with van der Waals surface area (Å²) in [6, 6.07) is 0.843. The highest BCUT2D eigenvalue weighted by molar-refractivity contribution is 4.82. The number of hydrogen-bond acceptors (Lipinski definition) is 2. The second-order valence-electron chi connectivity index (χ2n) is 8.61. The third kappa shape index (κ3) is 7.64. The molecule has 1 aliphatic carbocycles. The lowest BCUT2D eigenvalue weighted by Gasteiger charge is -2.38. The Balaban J connectivity index is 2.05. The molecular formula is C18H38N2. The molecule has 2 nitrogen and oxygen atoms in total. The molecule has 120 valence electrons. The zero-order valence-electron chi connectivity index (χ0n) is 14.9. The van der Waals surface area contributed by atoms with Crippen molar-refractivity contribution in [2.45, 2.75) is 91.1 Å². The number of unbranched alkanes of at least 4 members (excludes halogenated alkanes) is 2. The van der Waals surface area contributed by atoms with Crippen LogP contribution in [0.2, 0.25) is 0 Å². The first-order chi connectivity index (χ1) is 9.20. The van der Waals surface area contributed by atoms with Crippen LogP contribution in [0.1, 0.15) is 79.6 Å². The molecule has 0 spiro atoms. The number of nitrogens with zero attached hydrogens (tertiary/aromatic N) is 1. The van der Waals surface area contributed by atoms with Gasteiger partial charge in [-0.05, 0) is 84.8 Å². The lowest BCUT2D eigenvalue weighted by molar-refractivity contribution is 0.126. The van der Waals surface area contributed by atoms with Crippen molar-refractivity contribution in [2.24, 2.45) is 5.41 Å². The smallest absolute Gasteiger partial charge is 0.00965 e. The Morgan fingerprint density at radius 1 is 1.05 bits per heavy atom. The van der Waals surface area contributed by atoms with Gasteiger partial charge < -0.3 is 10.2 Å². The zero-order chi connectivity index (χ0) is 15.2. The Kier molecular flexibility index (Phi) is 7.00. The van der Waals surface area contributed by atoms with Gasteiger partial charge in [-0.1, -0.05) is 20.3 Å². The van der Waals surface area contributed by atoms with Gasteiger partial charge in [-0.25, -0.2) is 0 Å². The van der Waals surface area contributed by atoms with Crippen LogP contribution in [0.25, 0.3) is 0 Å². The highest BCUT2D eigenvalue weighted by atomic mass is 15.1. The van der Waals surface area contributed by atoms with E-state index in [0.717, 1.165) is 12.6 Å². The molecule has 0 saturated heterocycles. The molecular weight excluding hydrogens is 244 g/mol. The molecule has 0 unspecified atom stereocenters. The van der Waals surface area contributed by atoms with E-state index in [1.165, 1.54) is 51.5 Å². The normalized spacial score (nSPS) is 20.6. The SMILES string of the molecule is CN(CCCCCNC(C)(C)C)C1CCC(C)(C)CC1. The highest BCUT2D eigenvalue weighted by Gasteiger charge is 2.28. The van der Waals surface area contributed by atoms with E-state index in [1.807, 2.05) is 0 Å². The minimum atomic E-state index is 0.270. The van der Waals surface area contributed by atoms with Crippen LogP contribution in [0.3, 0.4) is 0 Å². The first-order valence-electron chi connectivity index (χ1n) is 8.65. The first kappa shape index (κ1) is 18.0. The molecule has 0 aromatic carbocycles. The summed E-state index contributed by atoms with van der Waals surface area (Å²) in [7, 11) is 2.33. The molecule has 2 heteroatoms. The molecule has 1 fully saturated rings. The fourth-order valence-corrected chi connectivity index (χ4v) is 3.13. The van der Waals surface area contributed by atoms with E-state index >= 15 is 0 Å². The van der Waals surface area contributed by atoms with E-state index in [1.54, 1.807) is 0 Å². The summed E-state index contributed by atoms with van der Waals surface area (Å²) in [6.07, 6.45) is 9.61. The summed E-state index contributed by atoms with van der Waals surface area (Å²) >= 11 is 0. The van der Waals surface area contributed by atoms with Gasteiger partial charge in [0.15, 0.2) is 0 Å². The molecule has 0 aromatic heterocycles. The summed E-state index contributed by atoms with van der Waals surface area (Å²) in [5.41, 5.74) is 0.863. The summed E-state index contributed by atoms with van der Waals surface area (Å²) in [6.45, 7) is 14.0. The molecule has 1 N–H and O–H groups in total. The third-order valence-corrected chi connectivity index (χ3v) is 4.77. The first-order valence-corrected chi connectivity index (χ1v) is 8.65. The van der Waals surface area contributed by atoms with E-state index in [4.69, 9.17) is 0 Å². The van der Waals surface area contributed by atoms with Gasteiger partial charge in [-0.2, -0.15) is 0 Å². The maximum Gasteiger partial charge on any atom is 0.00965 e. The molecule has 20 heavy (non-hydrogen) atoms. The van der Waals surface area contributed by atoms with E-state index in [0.29, 0.717) is 5.41 Å². The largest absolute Gasteiger partial charge is 0.312 e. The van der Waals surface area contributed by atoms with Gasteiger partial charge in [0, 0.05) is 11.6 Å². The molecule has 0 aromatic rings. The van der Waals surface area contributed by atoms with Gasteiger partial charge >= 0.3 is 0 Å². The average molecular weight is 283 g/mol. The molecule has 0 bridgehead atoms. The van der Waals surface area contributed by atoms with Crippen molar-refractivity contribution < 1.29 is 0 Å². The monoisotopic (exact) mass is 282 g/mol. The van der Waals surface area contributed by atoms with Crippen molar-refractivity contribution in [3.8, 4) is 0 Å². The van der Waals surface area contributed by atoms with Gasteiger partial charge in [-0.15, -0.1) is 0 Å². The number of rotatable bonds is 7. The van der Waals surface area contributed by atoms with Gasteiger partial charge in [-0.3, -0.25) is 0 Å². The number of nitrogens with one attached hydrogen (secondary N) is 1. The van der Waals surface area contributed by atoms with Gasteiger partial charge in [0.1, 0.15) is 0 Å². The van der Waals surface area contributed by atoms with Crippen LogP contribution < -0.4 is 5.32 Å². The maximum atomic E-state index is 3.57. The Bertz CT molecular complexity index is 255. The molecule has 0 amide bonds. The Morgan fingerprint density at radius 3 is 2.20 bits per heavy atom. The van der Waals surface area contributed by atoms with E-state index in [9.17, 15) is 0 Å². The number of hydrogen-bond donors (Lipinski definition) is 1. The van der Waals surface area contributed by atoms with Crippen LogP contribution in [-0.4, -0.2) is 36.6 Å². The van der Waals surface area contributed by atoms with Crippen LogP contribution in [-0.2, 0) is 0 Å². The van der Waals surface area contributed by atoms with Crippen LogP contribution in [0.15, 0.2) is 0 Å². The Morgan fingerprint density at radius 2 is 1.65 bits per heavy atom.